The Morgan fingerprint density at radius 1 is 1.39 bits per heavy atom. The van der Waals surface area contributed by atoms with Crippen LogP contribution in [0.3, 0.4) is 0 Å². The molecule has 1 fully saturated rings. The Morgan fingerprint density at radius 2 is 2.04 bits per heavy atom. The van der Waals surface area contributed by atoms with Crippen LogP contribution in [0.15, 0.2) is 29.2 Å². The van der Waals surface area contributed by atoms with Crippen molar-refractivity contribution in [1.82, 2.24) is 4.90 Å². The van der Waals surface area contributed by atoms with E-state index < -0.39 is 18.5 Å². The van der Waals surface area contributed by atoms with Gasteiger partial charge in [-0.25, -0.2) is 0 Å². The molecule has 0 aliphatic carbocycles. The van der Waals surface area contributed by atoms with Crippen molar-refractivity contribution in [3.05, 3.63) is 34.7 Å². The van der Waals surface area contributed by atoms with Crippen molar-refractivity contribution in [2.45, 2.75) is 13.0 Å². The van der Waals surface area contributed by atoms with E-state index in [2.05, 4.69) is 4.74 Å². The van der Waals surface area contributed by atoms with E-state index in [9.17, 15) is 23.5 Å². The van der Waals surface area contributed by atoms with E-state index in [1.807, 2.05) is 0 Å². The van der Waals surface area contributed by atoms with Crippen LogP contribution in [-0.2, 0) is 9.59 Å². The lowest BCUT2D eigenvalue weighted by Gasteiger charge is -2.14. The molecule has 1 aromatic carbocycles. The van der Waals surface area contributed by atoms with Crippen LogP contribution in [0.4, 0.5) is 8.78 Å². The zero-order chi connectivity index (χ0) is 17.0. The number of aliphatic carboxylic acids is 1. The van der Waals surface area contributed by atoms with Crippen LogP contribution < -0.4 is 9.84 Å². The topological polar surface area (TPSA) is 69.7 Å². The average Bonchev–Trinajstić information content (AvgIpc) is 2.73. The largest absolute Gasteiger partial charge is 0.550 e. The Morgan fingerprint density at radius 3 is 2.61 bits per heavy atom. The highest BCUT2D eigenvalue weighted by molar-refractivity contribution is 8.26. The summed E-state index contributed by atoms with van der Waals surface area (Å²) >= 11 is 6.09. The van der Waals surface area contributed by atoms with E-state index in [-0.39, 0.29) is 23.0 Å². The molecule has 2 rings (SSSR count). The van der Waals surface area contributed by atoms with Crippen LogP contribution in [0.2, 0.25) is 0 Å². The number of halogens is 2. The predicted molar refractivity (Wildman–Crippen MR) is 82.6 cm³/mol. The number of nitrogens with zero attached hydrogens (tertiary/aromatic N) is 1. The first-order valence-corrected chi connectivity index (χ1v) is 7.59. The second kappa shape index (κ2) is 7.51. The fourth-order valence-electron chi connectivity index (χ4n) is 1.79. The van der Waals surface area contributed by atoms with Gasteiger partial charge in [-0.05, 0) is 23.8 Å². The summed E-state index contributed by atoms with van der Waals surface area (Å²) in [5.74, 6) is -1.65. The minimum atomic E-state index is -2.90. The van der Waals surface area contributed by atoms with Gasteiger partial charge < -0.3 is 14.6 Å². The summed E-state index contributed by atoms with van der Waals surface area (Å²) in [7, 11) is 0. The first-order valence-electron chi connectivity index (χ1n) is 6.37. The van der Waals surface area contributed by atoms with Crippen LogP contribution in [0, 0.1) is 0 Å². The predicted octanol–water partition coefficient (Wildman–Crippen LogP) is 1.63. The lowest BCUT2D eigenvalue weighted by atomic mass is 10.2. The molecule has 1 aromatic rings. The number of thioether (sulfide) groups is 1. The van der Waals surface area contributed by atoms with Crippen LogP contribution in [0.25, 0.3) is 6.08 Å². The highest BCUT2D eigenvalue weighted by Crippen LogP contribution is 2.32. The number of hydrogen-bond acceptors (Lipinski definition) is 6. The van der Waals surface area contributed by atoms with Crippen molar-refractivity contribution in [3.8, 4) is 5.75 Å². The second-order valence-electron chi connectivity index (χ2n) is 4.40. The number of amides is 1. The lowest BCUT2D eigenvalue weighted by Crippen LogP contribution is -2.33. The minimum Gasteiger partial charge on any atom is -0.550 e. The summed E-state index contributed by atoms with van der Waals surface area (Å²) in [5, 5.41) is 10.5. The van der Waals surface area contributed by atoms with Gasteiger partial charge in [-0.15, -0.1) is 0 Å². The Kier molecular flexibility index (Phi) is 5.67. The molecule has 0 bridgehead atoms. The van der Waals surface area contributed by atoms with Gasteiger partial charge in [0.1, 0.15) is 10.1 Å². The van der Waals surface area contributed by atoms with Crippen molar-refractivity contribution >= 4 is 46.3 Å². The highest BCUT2D eigenvalue weighted by Gasteiger charge is 2.31. The van der Waals surface area contributed by atoms with Gasteiger partial charge in [0.2, 0.25) is 0 Å². The zero-order valence-corrected chi connectivity index (χ0v) is 13.2. The molecule has 1 heterocycles. The van der Waals surface area contributed by atoms with Crippen molar-refractivity contribution < 1.29 is 28.2 Å². The normalized spacial score (nSPS) is 16.5. The third kappa shape index (κ3) is 4.73. The van der Waals surface area contributed by atoms with Gasteiger partial charge >= 0.3 is 6.61 Å². The molecule has 0 saturated carbocycles. The SMILES string of the molecule is O=C([O-])CCN1C(=O)C(=Cc2ccc(OC(F)F)cc2)SC1=S. The Labute approximate surface area is 139 Å². The lowest BCUT2D eigenvalue weighted by molar-refractivity contribution is -0.305. The van der Waals surface area contributed by atoms with Crippen LogP contribution in [-0.4, -0.2) is 34.3 Å². The molecule has 23 heavy (non-hydrogen) atoms. The van der Waals surface area contributed by atoms with Gasteiger partial charge in [0, 0.05) is 18.9 Å². The van der Waals surface area contributed by atoms with Crippen LogP contribution in [0.1, 0.15) is 12.0 Å². The maximum atomic E-state index is 12.2. The summed E-state index contributed by atoms with van der Waals surface area (Å²) in [5.41, 5.74) is 0.604. The summed E-state index contributed by atoms with van der Waals surface area (Å²) in [6, 6.07) is 5.75. The van der Waals surface area contributed by atoms with Gasteiger partial charge in [-0.2, -0.15) is 8.78 Å². The summed E-state index contributed by atoms with van der Waals surface area (Å²) in [6.45, 7) is -2.95. The number of alkyl halides is 2. The first-order chi connectivity index (χ1) is 10.9. The van der Waals surface area contributed by atoms with Crippen molar-refractivity contribution in [2.75, 3.05) is 6.54 Å². The smallest absolute Gasteiger partial charge is 0.387 e. The molecular weight excluding hydrogens is 348 g/mol. The molecule has 122 valence electrons. The quantitative estimate of drug-likeness (QED) is 0.569. The van der Waals surface area contributed by atoms with Crippen molar-refractivity contribution in [2.24, 2.45) is 0 Å². The number of carboxylic acid groups (broad SMARTS) is 1. The number of carboxylic acids is 1. The molecule has 0 aromatic heterocycles. The molecule has 0 radical (unpaired) electrons. The number of rotatable bonds is 6. The van der Waals surface area contributed by atoms with Gasteiger partial charge in [-0.3, -0.25) is 9.69 Å². The minimum absolute atomic E-state index is 0.0126. The maximum Gasteiger partial charge on any atom is 0.387 e. The summed E-state index contributed by atoms with van der Waals surface area (Å²) < 4.78 is 28.6. The number of ether oxygens (including phenoxy) is 1. The molecular formula is C14H10F2NO4S2-. The Balaban J connectivity index is 2.09. The zero-order valence-electron chi connectivity index (χ0n) is 11.5. The van der Waals surface area contributed by atoms with E-state index >= 15 is 0 Å². The number of benzene rings is 1. The second-order valence-corrected chi connectivity index (χ2v) is 6.08. The molecule has 9 heteroatoms. The fourth-order valence-corrected chi connectivity index (χ4v) is 3.10. The summed E-state index contributed by atoms with van der Waals surface area (Å²) in [6.07, 6.45) is 1.24. The van der Waals surface area contributed by atoms with Gasteiger partial charge in [-0.1, -0.05) is 36.1 Å². The maximum absolute atomic E-state index is 12.2. The van der Waals surface area contributed by atoms with Gasteiger partial charge in [0.15, 0.2) is 0 Å². The van der Waals surface area contributed by atoms with Crippen molar-refractivity contribution in [1.29, 1.82) is 0 Å². The fraction of sp³-hybridized carbons (Fsp3) is 0.214. The number of thiocarbonyl (C=S) groups is 1. The summed E-state index contributed by atoms with van der Waals surface area (Å²) in [4.78, 5) is 24.1. The molecule has 1 aliphatic rings. The third-order valence-electron chi connectivity index (χ3n) is 2.82. The molecule has 5 nitrogen and oxygen atoms in total. The average molecular weight is 358 g/mol. The highest BCUT2D eigenvalue weighted by atomic mass is 32.2. The number of carbonyl (C=O) groups is 2. The number of hydrogen-bond donors (Lipinski definition) is 0. The van der Waals surface area contributed by atoms with Gasteiger partial charge in [0.05, 0.1) is 4.91 Å². The van der Waals surface area contributed by atoms with E-state index in [1.54, 1.807) is 6.08 Å². The molecule has 0 spiro atoms. The standard InChI is InChI=1S/C14H11F2NO4S2/c15-13(16)21-9-3-1-8(2-4-9)7-10-12(20)17(14(22)23-10)6-5-11(18)19/h1-4,7,13H,5-6H2,(H,18,19)/p-1. The van der Waals surface area contributed by atoms with Crippen molar-refractivity contribution in [3.63, 3.8) is 0 Å². The monoisotopic (exact) mass is 358 g/mol. The first kappa shape index (κ1) is 17.4. The van der Waals surface area contributed by atoms with Crippen LogP contribution in [0.5, 0.6) is 5.75 Å². The molecule has 1 saturated heterocycles. The van der Waals surface area contributed by atoms with Gasteiger partial charge in [0.25, 0.3) is 5.91 Å². The molecule has 0 atom stereocenters. The van der Waals surface area contributed by atoms with E-state index in [4.69, 9.17) is 12.2 Å². The Bertz CT molecular complexity index is 661. The molecule has 0 unspecified atom stereocenters. The Hall–Kier alpha value is -2.00. The van der Waals surface area contributed by atoms with E-state index in [1.165, 1.54) is 29.2 Å². The molecule has 1 aliphatic heterocycles. The van der Waals surface area contributed by atoms with E-state index in [0.29, 0.717) is 10.5 Å². The molecule has 0 N–H and O–H groups in total. The number of carbonyl (C=O) groups excluding carboxylic acids is 2. The molecule has 1 amide bonds. The van der Waals surface area contributed by atoms with Crippen LogP contribution >= 0.6 is 24.0 Å². The third-order valence-corrected chi connectivity index (χ3v) is 4.19. The van der Waals surface area contributed by atoms with E-state index in [0.717, 1.165) is 11.8 Å².